The lowest BCUT2D eigenvalue weighted by atomic mass is 9.86. The van der Waals surface area contributed by atoms with Gasteiger partial charge in [0.1, 0.15) is 5.60 Å². The van der Waals surface area contributed by atoms with Gasteiger partial charge >= 0.3 is 6.09 Å². The van der Waals surface area contributed by atoms with E-state index in [4.69, 9.17) is 4.74 Å². The summed E-state index contributed by atoms with van der Waals surface area (Å²) in [5.74, 6) is 0.996. The van der Waals surface area contributed by atoms with Crippen molar-refractivity contribution in [2.24, 2.45) is 10.4 Å². The molecule has 0 bridgehead atoms. The first kappa shape index (κ1) is 22.3. The van der Waals surface area contributed by atoms with Crippen molar-refractivity contribution in [2.45, 2.75) is 64.9 Å². The number of ether oxygens (including phenoxy) is 1. The van der Waals surface area contributed by atoms with Crippen molar-refractivity contribution in [3.8, 4) is 0 Å². The Hall–Kier alpha value is -0.730. The van der Waals surface area contributed by atoms with Gasteiger partial charge in [-0.05, 0) is 51.9 Å². The van der Waals surface area contributed by atoms with E-state index in [1.807, 2.05) is 27.8 Å². The van der Waals surface area contributed by atoms with Crippen LogP contribution in [0.3, 0.4) is 0 Å². The Morgan fingerprint density at radius 3 is 2.40 bits per heavy atom. The number of hydrogen-bond donors (Lipinski definition) is 2. The highest BCUT2D eigenvalue weighted by Crippen LogP contribution is 2.45. The van der Waals surface area contributed by atoms with Crippen LogP contribution in [-0.2, 0) is 4.74 Å². The van der Waals surface area contributed by atoms with Gasteiger partial charge in [-0.3, -0.25) is 4.99 Å². The summed E-state index contributed by atoms with van der Waals surface area (Å²) in [6, 6.07) is 0. The van der Waals surface area contributed by atoms with Gasteiger partial charge in [-0.2, -0.15) is 0 Å². The highest BCUT2D eigenvalue weighted by atomic mass is 127. The van der Waals surface area contributed by atoms with E-state index in [9.17, 15) is 4.79 Å². The summed E-state index contributed by atoms with van der Waals surface area (Å²) < 4.78 is 5.22. The summed E-state index contributed by atoms with van der Waals surface area (Å²) in [4.78, 5) is 18.4. The zero-order valence-corrected chi connectivity index (χ0v) is 18.5. The molecule has 0 atom stereocenters. The molecular formula is C18H35IN4O2. The van der Waals surface area contributed by atoms with Crippen LogP contribution in [0.15, 0.2) is 4.99 Å². The highest BCUT2D eigenvalue weighted by Gasteiger charge is 2.40. The number of carbonyl (C=O) groups excluding carboxylic acids is 1. The van der Waals surface area contributed by atoms with E-state index in [1.165, 1.54) is 32.1 Å². The summed E-state index contributed by atoms with van der Waals surface area (Å²) in [5, 5.41) is 6.21. The summed E-state index contributed by atoms with van der Waals surface area (Å²) in [5.41, 5.74) is 0.103. The molecular weight excluding hydrogens is 431 g/mol. The van der Waals surface area contributed by atoms with Crippen LogP contribution in [-0.4, -0.2) is 55.8 Å². The monoisotopic (exact) mass is 466 g/mol. The first-order valence-electron chi connectivity index (χ1n) is 9.26. The minimum atomic E-state index is -0.448. The number of guanidine groups is 1. The first-order chi connectivity index (χ1) is 11.3. The van der Waals surface area contributed by atoms with Gasteiger partial charge < -0.3 is 20.3 Å². The van der Waals surface area contributed by atoms with Gasteiger partial charge in [-0.1, -0.05) is 12.8 Å². The predicted molar refractivity (Wildman–Crippen MR) is 113 cm³/mol. The molecule has 2 aliphatic rings. The third-order valence-corrected chi connectivity index (χ3v) is 4.92. The van der Waals surface area contributed by atoms with Gasteiger partial charge in [0.05, 0.1) is 0 Å². The smallest absolute Gasteiger partial charge is 0.407 e. The van der Waals surface area contributed by atoms with Crippen LogP contribution in [0.1, 0.15) is 59.3 Å². The Morgan fingerprint density at radius 2 is 1.80 bits per heavy atom. The van der Waals surface area contributed by atoms with Crippen molar-refractivity contribution in [3.63, 3.8) is 0 Å². The van der Waals surface area contributed by atoms with Gasteiger partial charge in [0.15, 0.2) is 5.96 Å². The normalized spacial score (nSPS) is 19.7. The van der Waals surface area contributed by atoms with Crippen LogP contribution in [0.4, 0.5) is 4.79 Å². The van der Waals surface area contributed by atoms with E-state index in [-0.39, 0.29) is 30.1 Å². The lowest BCUT2D eigenvalue weighted by Gasteiger charge is -2.26. The fourth-order valence-corrected chi connectivity index (χ4v) is 3.77. The van der Waals surface area contributed by atoms with Crippen molar-refractivity contribution in [1.82, 2.24) is 15.5 Å². The molecule has 146 valence electrons. The Balaban J connectivity index is 0.00000312. The van der Waals surface area contributed by atoms with Crippen molar-refractivity contribution < 1.29 is 9.53 Å². The van der Waals surface area contributed by atoms with Gasteiger partial charge in [0.25, 0.3) is 0 Å². The quantitative estimate of drug-likeness (QED) is 0.289. The number of amides is 1. The maximum absolute atomic E-state index is 11.6. The summed E-state index contributed by atoms with van der Waals surface area (Å²) >= 11 is 0. The van der Waals surface area contributed by atoms with Gasteiger partial charge in [0, 0.05) is 33.2 Å². The standard InChI is InChI=1S/C18H34N4O2.HI/c1-17(2,3)24-16(23)21-12-7-11-20-15(19-4)22-13-10-18(14-22)8-5-6-9-18;/h5-14H2,1-4H3,(H,19,20)(H,21,23);1H. The molecule has 1 saturated heterocycles. The second-order valence-corrected chi connectivity index (χ2v) is 8.13. The summed E-state index contributed by atoms with van der Waals surface area (Å²) in [6.45, 7) is 9.25. The lowest BCUT2D eigenvalue weighted by molar-refractivity contribution is 0.0527. The van der Waals surface area contributed by atoms with Gasteiger partial charge in [-0.25, -0.2) is 4.79 Å². The second kappa shape index (κ2) is 9.83. The molecule has 2 N–H and O–H groups in total. The maximum Gasteiger partial charge on any atom is 0.407 e. The van der Waals surface area contributed by atoms with Crippen molar-refractivity contribution in [3.05, 3.63) is 0 Å². The van der Waals surface area contributed by atoms with E-state index in [1.54, 1.807) is 0 Å². The van der Waals surface area contributed by atoms with Crippen molar-refractivity contribution >= 4 is 36.0 Å². The molecule has 1 heterocycles. The molecule has 0 unspecified atom stereocenters. The SMILES string of the molecule is CN=C(NCCCNC(=O)OC(C)(C)C)N1CCC2(CCCC2)C1.I. The van der Waals surface area contributed by atoms with E-state index < -0.39 is 5.60 Å². The number of nitrogens with zero attached hydrogens (tertiary/aromatic N) is 2. The topological polar surface area (TPSA) is 66.0 Å². The molecule has 1 saturated carbocycles. The van der Waals surface area contributed by atoms with Crippen LogP contribution < -0.4 is 10.6 Å². The Morgan fingerprint density at radius 1 is 1.16 bits per heavy atom. The largest absolute Gasteiger partial charge is 0.444 e. The number of aliphatic imine (C=N–C) groups is 1. The molecule has 1 aliphatic heterocycles. The molecule has 25 heavy (non-hydrogen) atoms. The first-order valence-corrected chi connectivity index (χ1v) is 9.26. The molecule has 0 aromatic rings. The van der Waals surface area contributed by atoms with Crippen molar-refractivity contribution in [2.75, 3.05) is 33.2 Å². The fourth-order valence-electron chi connectivity index (χ4n) is 3.77. The number of hydrogen-bond acceptors (Lipinski definition) is 3. The summed E-state index contributed by atoms with van der Waals surface area (Å²) in [7, 11) is 1.85. The zero-order valence-electron chi connectivity index (χ0n) is 16.2. The molecule has 7 heteroatoms. The number of likely N-dealkylation sites (tertiary alicyclic amines) is 1. The molecule has 1 aliphatic carbocycles. The molecule has 0 aromatic carbocycles. The zero-order chi connectivity index (χ0) is 17.6. The maximum atomic E-state index is 11.6. The number of alkyl carbamates (subject to hydrolysis) is 1. The van der Waals surface area contributed by atoms with Crippen LogP contribution in [0, 0.1) is 5.41 Å². The lowest BCUT2D eigenvalue weighted by Crippen LogP contribution is -2.42. The molecule has 0 aromatic heterocycles. The predicted octanol–water partition coefficient (Wildman–Crippen LogP) is 3.36. The number of nitrogens with one attached hydrogen (secondary N) is 2. The van der Waals surface area contributed by atoms with Crippen molar-refractivity contribution in [1.29, 1.82) is 0 Å². The number of halogens is 1. The van der Waals surface area contributed by atoms with Crippen LogP contribution in [0.2, 0.25) is 0 Å². The second-order valence-electron chi connectivity index (χ2n) is 8.13. The number of carbonyl (C=O) groups is 1. The Kier molecular flexibility index (Phi) is 8.77. The highest BCUT2D eigenvalue weighted by molar-refractivity contribution is 14.0. The molecule has 2 fully saturated rings. The van der Waals surface area contributed by atoms with Gasteiger partial charge in [0.2, 0.25) is 0 Å². The van der Waals surface area contributed by atoms with Crippen LogP contribution >= 0.6 is 24.0 Å². The van der Waals surface area contributed by atoms with Crippen LogP contribution in [0.25, 0.3) is 0 Å². The summed E-state index contributed by atoms with van der Waals surface area (Å²) in [6.07, 6.45) is 7.31. The molecule has 2 rings (SSSR count). The molecule has 6 nitrogen and oxygen atoms in total. The third kappa shape index (κ3) is 7.19. The average molecular weight is 466 g/mol. The van der Waals surface area contributed by atoms with E-state index in [0.29, 0.717) is 12.0 Å². The Bertz CT molecular complexity index is 456. The van der Waals surface area contributed by atoms with E-state index in [0.717, 1.165) is 32.0 Å². The minimum absolute atomic E-state index is 0. The third-order valence-electron chi connectivity index (χ3n) is 4.92. The fraction of sp³-hybridized carbons (Fsp3) is 0.889. The van der Waals surface area contributed by atoms with E-state index in [2.05, 4.69) is 20.5 Å². The van der Waals surface area contributed by atoms with Crippen LogP contribution in [0.5, 0.6) is 0 Å². The minimum Gasteiger partial charge on any atom is -0.444 e. The molecule has 1 amide bonds. The molecule has 1 spiro atoms. The average Bonchev–Trinajstić information content (AvgIpc) is 3.12. The Labute approximate surface area is 169 Å². The van der Waals surface area contributed by atoms with Gasteiger partial charge in [-0.15, -0.1) is 24.0 Å². The molecule has 0 radical (unpaired) electrons. The number of rotatable bonds is 4. The van der Waals surface area contributed by atoms with E-state index >= 15 is 0 Å².